The first-order valence-corrected chi connectivity index (χ1v) is 6.26. The number of nitrogens with zero attached hydrogens (tertiary/aromatic N) is 1. The van der Waals surface area contributed by atoms with Gasteiger partial charge in [0.25, 0.3) is 0 Å². The highest BCUT2D eigenvalue weighted by molar-refractivity contribution is 8.01. The smallest absolute Gasteiger partial charge is 0.308 e. The van der Waals surface area contributed by atoms with Crippen LogP contribution >= 0.6 is 11.8 Å². The molecule has 0 amide bonds. The molecule has 1 aromatic carbocycles. The highest BCUT2D eigenvalue weighted by Gasteiger charge is 2.38. The summed E-state index contributed by atoms with van der Waals surface area (Å²) in [6.45, 7) is 0. The third-order valence-corrected chi connectivity index (χ3v) is 4.39. The van der Waals surface area contributed by atoms with Gasteiger partial charge in [-0.05, 0) is 17.7 Å². The number of aliphatic carboxylic acids is 1. The summed E-state index contributed by atoms with van der Waals surface area (Å²) < 4.78 is 0. The Morgan fingerprint density at radius 2 is 2.00 bits per heavy atom. The van der Waals surface area contributed by atoms with Crippen LogP contribution in [0.15, 0.2) is 24.3 Å². The molecule has 1 saturated heterocycles. The van der Waals surface area contributed by atoms with Gasteiger partial charge in [0.2, 0.25) is 0 Å². The monoisotopic (exact) mass is 237 g/mol. The van der Waals surface area contributed by atoms with E-state index in [2.05, 4.69) is 0 Å². The summed E-state index contributed by atoms with van der Waals surface area (Å²) in [5.74, 6) is -0.161. The molecular formula is C12H15NO2S. The van der Waals surface area contributed by atoms with E-state index in [0.717, 1.165) is 17.0 Å². The van der Waals surface area contributed by atoms with Crippen LogP contribution in [0.4, 0.5) is 5.69 Å². The van der Waals surface area contributed by atoms with Crippen LogP contribution in [-0.4, -0.2) is 30.9 Å². The van der Waals surface area contributed by atoms with Gasteiger partial charge in [-0.1, -0.05) is 12.1 Å². The lowest BCUT2D eigenvalue weighted by Gasteiger charge is -2.33. The Hall–Kier alpha value is -1.16. The summed E-state index contributed by atoms with van der Waals surface area (Å²) in [4.78, 5) is 13.0. The molecule has 0 radical (unpaired) electrons. The van der Waals surface area contributed by atoms with Crippen molar-refractivity contribution in [2.24, 2.45) is 5.92 Å². The van der Waals surface area contributed by atoms with Crippen molar-refractivity contribution in [2.45, 2.75) is 5.25 Å². The summed E-state index contributed by atoms with van der Waals surface area (Å²) in [6, 6.07) is 8.13. The lowest BCUT2D eigenvalue weighted by molar-refractivity contribution is -0.141. The SMILES string of the molecule is CN(C)c1ccc(C2SCC2C(=O)O)cc1. The van der Waals surface area contributed by atoms with Gasteiger partial charge < -0.3 is 10.0 Å². The zero-order valence-electron chi connectivity index (χ0n) is 9.38. The molecule has 1 fully saturated rings. The van der Waals surface area contributed by atoms with Crippen LogP contribution < -0.4 is 4.90 Å². The minimum atomic E-state index is -0.680. The number of carbonyl (C=O) groups is 1. The fraction of sp³-hybridized carbons (Fsp3) is 0.417. The van der Waals surface area contributed by atoms with Crippen LogP contribution in [0.25, 0.3) is 0 Å². The molecule has 3 nitrogen and oxygen atoms in total. The highest BCUT2D eigenvalue weighted by Crippen LogP contribution is 2.47. The second-order valence-electron chi connectivity index (χ2n) is 4.18. The lowest BCUT2D eigenvalue weighted by Crippen LogP contribution is -2.30. The van der Waals surface area contributed by atoms with Crippen LogP contribution in [0.1, 0.15) is 10.8 Å². The van der Waals surface area contributed by atoms with Crippen molar-refractivity contribution in [3.05, 3.63) is 29.8 Å². The molecule has 1 aliphatic rings. The van der Waals surface area contributed by atoms with Gasteiger partial charge in [0, 0.05) is 30.8 Å². The number of hydrogen-bond acceptors (Lipinski definition) is 3. The van der Waals surface area contributed by atoms with E-state index in [-0.39, 0.29) is 11.2 Å². The Balaban J connectivity index is 2.13. The minimum Gasteiger partial charge on any atom is -0.481 e. The van der Waals surface area contributed by atoms with Crippen molar-refractivity contribution >= 4 is 23.4 Å². The number of anilines is 1. The predicted molar refractivity (Wildman–Crippen MR) is 67.1 cm³/mol. The second kappa shape index (κ2) is 4.37. The average molecular weight is 237 g/mol. The van der Waals surface area contributed by atoms with Gasteiger partial charge in [-0.2, -0.15) is 11.8 Å². The third-order valence-electron chi connectivity index (χ3n) is 2.88. The number of hydrogen-bond donors (Lipinski definition) is 1. The molecule has 0 saturated carbocycles. The summed E-state index contributed by atoms with van der Waals surface area (Å²) in [7, 11) is 3.99. The first kappa shape index (κ1) is 11.3. The van der Waals surface area contributed by atoms with E-state index in [9.17, 15) is 4.79 Å². The fourth-order valence-electron chi connectivity index (χ4n) is 1.78. The predicted octanol–water partition coefficient (Wildman–Crippen LogP) is 2.24. The first-order chi connectivity index (χ1) is 7.59. The Bertz CT molecular complexity index is 389. The maximum Gasteiger partial charge on any atom is 0.308 e. The molecule has 4 heteroatoms. The minimum absolute atomic E-state index is 0.133. The van der Waals surface area contributed by atoms with Crippen molar-refractivity contribution in [3.8, 4) is 0 Å². The molecular weight excluding hydrogens is 222 g/mol. The molecule has 0 aromatic heterocycles. The van der Waals surface area contributed by atoms with Crippen LogP contribution in [0.5, 0.6) is 0 Å². The van der Waals surface area contributed by atoms with E-state index >= 15 is 0 Å². The molecule has 0 bridgehead atoms. The van der Waals surface area contributed by atoms with Gasteiger partial charge in [-0.15, -0.1) is 0 Å². The molecule has 2 atom stereocenters. The largest absolute Gasteiger partial charge is 0.481 e. The van der Waals surface area contributed by atoms with Crippen molar-refractivity contribution < 1.29 is 9.90 Å². The zero-order valence-corrected chi connectivity index (χ0v) is 10.2. The fourth-order valence-corrected chi connectivity index (χ4v) is 2.97. The molecule has 86 valence electrons. The van der Waals surface area contributed by atoms with E-state index in [1.165, 1.54) is 0 Å². The van der Waals surface area contributed by atoms with Gasteiger partial charge in [-0.3, -0.25) is 4.79 Å². The van der Waals surface area contributed by atoms with Crippen LogP contribution in [0, 0.1) is 5.92 Å². The van der Waals surface area contributed by atoms with Gasteiger partial charge in [0.1, 0.15) is 0 Å². The maximum absolute atomic E-state index is 10.9. The Kier molecular flexibility index (Phi) is 3.10. The van der Waals surface area contributed by atoms with Gasteiger partial charge in [0.05, 0.1) is 5.92 Å². The molecule has 1 aromatic rings. The van der Waals surface area contributed by atoms with E-state index in [4.69, 9.17) is 5.11 Å². The van der Waals surface area contributed by atoms with Gasteiger partial charge in [0.15, 0.2) is 0 Å². The van der Waals surface area contributed by atoms with Crippen LogP contribution in [-0.2, 0) is 4.79 Å². The Morgan fingerprint density at radius 3 is 2.38 bits per heavy atom. The number of thioether (sulfide) groups is 1. The number of rotatable bonds is 3. The summed E-state index contributed by atoms with van der Waals surface area (Å²) in [5, 5.41) is 9.12. The van der Waals surface area contributed by atoms with Crippen molar-refractivity contribution in [2.75, 3.05) is 24.7 Å². The van der Waals surface area contributed by atoms with Crippen molar-refractivity contribution in [1.29, 1.82) is 0 Å². The molecule has 2 unspecified atom stereocenters. The van der Waals surface area contributed by atoms with Crippen molar-refractivity contribution in [1.82, 2.24) is 0 Å². The van der Waals surface area contributed by atoms with E-state index in [0.29, 0.717) is 0 Å². The summed E-state index contributed by atoms with van der Waals surface area (Å²) in [6.07, 6.45) is 0. The second-order valence-corrected chi connectivity index (χ2v) is 5.36. The molecule has 0 aliphatic carbocycles. The average Bonchev–Trinajstić information content (AvgIpc) is 2.15. The van der Waals surface area contributed by atoms with E-state index in [1.54, 1.807) is 11.8 Å². The first-order valence-electron chi connectivity index (χ1n) is 5.21. The molecule has 0 spiro atoms. The van der Waals surface area contributed by atoms with Crippen LogP contribution in [0.3, 0.4) is 0 Å². The lowest BCUT2D eigenvalue weighted by atomic mass is 9.99. The van der Waals surface area contributed by atoms with E-state index in [1.807, 2.05) is 43.3 Å². The molecule has 2 rings (SSSR count). The quantitative estimate of drug-likeness (QED) is 0.875. The number of carboxylic acids is 1. The maximum atomic E-state index is 10.9. The van der Waals surface area contributed by atoms with E-state index < -0.39 is 5.97 Å². The van der Waals surface area contributed by atoms with Gasteiger partial charge in [-0.25, -0.2) is 0 Å². The number of benzene rings is 1. The zero-order chi connectivity index (χ0) is 11.7. The standard InChI is InChI=1S/C12H15NO2S/c1-13(2)9-5-3-8(4-6-9)11-10(7-16-11)12(14)15/h3-6,10-11H,7H2,1-2H3,(H,14,15). The highest BCUT2D eigenvalue weighted by atomic mass is 32.2. The normalized spacial score (nSPS) is 23.6. The Morgan fingerprint density at radius 1 is 1.38 bits per heavy atom. The summed E-state index contributed by atoms with van der Waals surface area (Å²) in [5.41, 5.74) is 2.26. The molecule has 1 heterocycles. The van der Waals surface area contributed by atoms with Gasteiger partial charge >= 0.3 is 5.97 Å². The third kappa shape index (κ3) is 2.02. The van der Waals surface area contributed by atoms with Crippen LogP contribution in [0.2, 0.25) is 0 Å². The molecule has 16 heavy (non-hydrogen) atoms. The Labute approximate surface area is 99.5 Å². The van der Waals surface area contributed by atoms with Crippen molar-refractivity contribution in [3.63, 3.8) is 0 Å². The summed E-state index contributed by atoms with van der Waals surface area (Å²) >= 11 is 1.71. The molecule has 1 N–H and O–H groups in total. The number of carboxylic acid groups (broad SMARTS) is 1. The molecule has 1 aliphatic heterocycles. The topological polar surface area (TPSA) is 40.5 Å².